The van der Waals surface area contributed by atoms with Crippen LogP contribution in [0.5, 0.6) is 0 Å². The summed E-state index contributed by atoms with van der Waals surface area (Å²) < 4.78 is 16.6. The van der Waals surface area contributed by atoms with Crippen LogP contribution in [-0.2, 0) is 10.8 Å². The van der Waals surface area contributed by atoms with Crippen molar-refractivity contribution in [3.8, 4) is 0 Å². The lowest BCUT2D eigenvalue weighted by atomic mass is 10.2. The van der Waals surface area contributed by atoms with Gasteiger partial charge in [-0.05, 0) is 19.1 Å². The zero-order valence-corrected chi connectivity index (χ0v) is 8.35. The Labute approximate surface area is 79.0 Å². The van der Waals surface area contributed by atoms with Crippen molar-refractivity contribution in [1.82, 2.24) is 0 Å². The van der Waals surface area contributed by atoms with E-state index in [1.165, 1.54) is 0 Å². The number of furan rings is 1. The highest BCUT2D eigenvalue weighted by Gasteiger charge is 2.08. The number of fused-ring (bicyclic) bond motifs is 1. The van der Waals surface area contributed by atoms with Crippen molar-refractivity contribution in [1.29, 1.82) is 0 Å². The molecule has 0 saturated heterocycles. The molecule has 13 heavy (non-hydrogen) atoms. The molecule has 1 unspecified atom stereocenters. The second-order valence-electron chi connectivity index (χ2n) is 3.05. The predicted octanol–water partition coefficient (Wildman–Crippen LogP) is 2.48. The van der Waals surface area contributed by atoms with E-state index >= 15 is 0 Å². The van der Waals surface area contributed by atoms with Crippen LogP contribution >= 0.6 is 0 Å². The quantitative estimate of drug-likeness (QED) is 0.698. The van der Waals surface area contributed by atoms with Crippen molar-refractivity contribution in [3.63, 3.8) is 0 Å². The zero-order valence-electron chi connectivity index (χ0n) is 7.53. The molecule has 0 aliphatic rings. The van der Waals surface area contributed by atoms with Crippen LogP contribution in [0.15, 0.2) is 33.8 Å². The Morgan fingerprint density at radius 2 is 2.15 bits per heavy atom. The molecular formula is C10H10O2S. The molecule has 0 bridgehead atoms. The van der Waals surface area contributed by atoms with Crippen LogP contribution < -0.4 is 0 Å². The first-order valence-corrected chi connectivity index (χ1v) is 5.55. The highest BCUT2D eigenvalue weighted by Crippen LogP contribution is 2.24. The summed E-state index contributed by atoms with van der Waals surface area (Å²) in [5.74, 6) is 0. The molecule has 1 aromatic heterocycles. The van der Waals surface area contributed by atoms with Crippen molar-refractivity contribution >= 4 is 21.8 Å². The molecule has 2 nitrogen and oxygen atoms in total. The Hall–Kier alpha value is -1.09. The van der Waals surface area contributed by atoms with Gasteiger partial charge >= 0.3 is 0 Å². The summed E-state index contributed by atoms with van der Waals surface area (Å²) in [6.45, 7) is 2.01. The van der Waals surface area contributed by atoms with Gasteiger partial charge in [0, 0.05) is 11.6 Å². The maximum absolute atomic E-state index is 11.3. The molecular weight excluding hydrogens is 184 g/mol. The molecule has 0 fully saturated rings. The first kappa shape index (κ1) is 8.51. The van der Waals surface area contributed by atoms with Gasteiger partial charge in [-0.3, -0.25) is 4.21 Å². The van der Waals surface area contributed by atoms with Crippen LogP contribution in [0.3, 0.4) is 0 Å². The molecule has 1 heterocycles. The fourth-order valence-corrected chi connectivity index (χ4v) is 2.00. The first-order valence-electron chi connectivity index (χ1n) is 4.00. The van der Waals surface area contributed by atoms with Crippen molar-refractivity contribution in [2.75, 3.05) is 6.26 Å². The molecule has 0 amide bonds. The van der Waals surface area contributed by atoms with Gasteiger partial charge in [-0.25, -0.2) is 0 Å². The van der Waals surface area contributed by atoms with Crippen molar-refractivity contribution in [2.45, 2.75) is 11.8 Å². The molecule has 68 valence electrons. The van der Waals surface area contributed by atoms with Gasteiger partial charge < -0.3 is 4.42 Å². The second-order valence-corrected chi connectivity index (χ2v) is 4.40. The van der Waals surface area contributed by atoms with Crippen molar-refractivity contribution in [3.05, 3.63) is 30.0 Å². The predicted molar refractivity (Wildman–Crippen MR) is 53.3 cm³/mol. The Bertz CT molecular complexity index is 471. The Morgan fingerprint density at radius 3 is 2.85 bits per heavy atom. The Balaban J connectivity index is 2.79. The summed E-state index contributed by atoms with van der Waals surface area (Å²) in [7, 11) is -0.974. The average Bonchev–Trinajstić information content (AvgIpc) is 2.46. The van der Waals surface area contributed by atoms with E-state index in [2.05, 4.69) is 0 Å². The van der Waals surface area contributed by atoms with Crippen molar-refractivity contribution in [2.24, 2.45) is 0 Å². The fraction of sp³-hybridized carbons (Fsp3) is 0.200. The highest BCUT2D eigenvalue weighted by atomic mass is 32.2. The summed E-state index contributed by atoms with van der Waals surface area (Å²) in [6.07, 6.45) is 3.23. The van der Waals surface area contributed by atoms with E-state index < -0.39 is 10.8 Å². The third-order valence-corrected chi connectivity index (χ3v) is 2.94. The summed E-state index contributed by atoms with van der Waals surface area (Å²) in [6, 6.07) is 5.88. The molecule has 1 atom stereocenters. The lowest BCUT2D eigenvalue weighted by Crippen LogP contribution is -1.84. The number of hydrogen-bond acceptors (Lipinski definition) is 2. The van der Waals surface area contributed by atoms with Crippen LogP contribution in [0.2, 0.25) is 0 Å². The van der Waals surface area contributed by atoms with E-state index in [-0.39, 0.29) is 0 Å². The van der Waals surface area contributed by atoms with Gasteiger partial charge in [0.1, 0.15) is 11.8 Å². The Kier molecular flexibility index (Phi) is 1.96. The minimum atomic E-state index is -0.974. The normalized spacial score (nSPS) is 13.4. The monoisotopic (exact) mass is 194 g/mol. The Morgan fingerprint density at radius 1 is 1.38 bits per heavy atom. The average molecular weight is 194 g/mol. The van der Waals surface area contributed by atoms with E-state index in [0.717, 1.165) is 21.4 Å². The van der Waals surface area contributed by atoms with Gasteiger partial charge in [0.15, 0.2) is 0 Å². The number of benzene rings is 1. The molecule has 0 saturated carbocycles. The van der Waals surface area contributed by atoms with Gasteiger partial charge in [0.25, 0.3) is 0 Å². The van der Waals surface area contributed by atoms with E-state index in [1.54, 1.807) is 12.5 Å². The van der Waals surface area contributed by atoms with Gasteiger partial charge in [-0.1, -0.05) is 11.6 Å². The van der Waals surface area contributed by atoms with E-state index in [0.29, 0.717) is 0 Å². The third kappa shape index (κ3) is 1.40. The topological polar surface area (TPSA) is 30.2 Å². The highest BCUT2D eigenvalue weighted by molar-refractivity contribution is 7.84. The lowest BCUT2D eigenvalue weighted by Gasteiger charge is -1.93. The summed E-state index contributed by atoms with van der Waals surface area (Å²) >= 11 is 0. The lowest BCUT2D eigenvalue weighted by molar-refractivity contribution is 0.606. The minimum absolute atomic E-state index is 0.777. The van der Waals surface area contributed by atoms with E-state index in [4.69, 9.17) is 4.42 Å². The molecule has 0 aliphatic heterocycles. The second kappa shape index (κ2) is 3.00. The summed E-state index contributed by atoms with van der Waals surface area (Å²) in [4.78, 5) is 0.777. The van der Waals surface area contributed by atoms with Crippen LogP contribution in [0.1, 0.15) is 5.56 Å². The first-order chi connectivity index (χ1) is 6.18. The van der Waals surface area contributed by atoms with Gasteiger partial charge in [-0.2, -0.15) is 0 Å². The fourth-order valence-electron chi connectivity index (χ4n) is 1.34. The maximum atomic E-state index is 11.3. The smallest absolute Gasteiger partial charge is 0.135 e. The SMILES string of the molecule is Cc1ccc2occ(S(C)=O)c2c1. The maximum Gasteiger partial charge on any atom is 0.135 e. The van der Waals surface area contributed by atoms with Crippen LogP contribution in [-0.4, -0.2) is 10.5 Å². The molecule has 3 heteroatoms. The van der Waals surface area contributed by atoms with Crippen LogP contribution in [0.4, 0.5) is 0 Å². The summed E-state index contributed by atoms with van der Waals surface area (Å²) in [5, 5.41) is 0.959. The van der Waals surface area contributed by atoms with Crippen molar-refractivity contribution < 1.29 is 8.63 Å². The van der Waals surface area contributed by atoms with E-state index in [9.17, 15) is 4.21 Å². The van der Waals surface area contributed by atoms with Gasteiger partial charge in [0.2, 0.25) is 0 Å². The summed E-state index contributed by atoms with van der Waals surface area (Å²) in [5.41, 5.74) is 1.96. The zero-order chi connectivity index (χ0) is 9.42. The van der Waals surface area contributed by atoms with Crippen LogP contribution in [0.25, 0.3) is 11.0 Å². The molecule has 2 aromatic rings. The molecule has 1 aromatic carbocycles. The number of aryl methyl sites for hydroxylation is 1. The molecule has 0 N–H and O–H groups in total. The number of rotatable bonds is 1. The standard InChI is InChI=1S/C10H10O2S/c1-7-3-4-9-8(5-7)10(6-12-9)13(2)11/h3-6H,1-2H3. The third-order valence-electron chi connectivity index (χ3n) is 2.00. The molecule has 0 aliphatic carbocycles. The minimum Gasteiger partial charge on any atom is -0.463 e. The van der Waals surface area contributed by atoms with Gasteiger partial charge in [-0.15, -0.1) is 0 Å². The van der Waals surface area contributed by atoms with Gasteiger partial charge in [0.05, 0.1) is 15.7 Å². The molecule has 0 radical (unpaired) electrons. The number of hydrogen-bond donors (Lipinski definition) is 0. The molecule has 0 spiro atoms. The molecule has 2 rings (SSSR count). The largest absolute Gasteiger partial charge is 0.463 e. The van der Waals surface area contributed by atoms with E-state index in [1.807, 2.05) is 25.1 Å². The van der Waals surface area contributed by atoms with Crippen LogP contribution in [0, 0.1) is 6.92 Å².